The number of ether oxygens (including phenoxy) is 3. The number of epoxide rings is 1. The Morgan fingerprint density at radius 2 is 1.89 bits per heavy atom. The molecule has 0 aliphatic carbocycles. The molecule has 2 fully saturated rings. The van der Waals surface area contributed by atoms with Crippen molar-refractivity contribution in [2.75, 3.05) is 13.7 Å². The minimum atomic E-state index is -1.69. The molecule has 4 atom stereocenters. The molecule has 0 bridgehead atoms. The van der Waals surface area contributed by atoms with Crippen LogP contribution in [0.3, 0.4) is 0 Å². The second kappa shape index (κ2) is 4.87. The van der Waals surface area contributed by atoms with Crippen LogP contribution in [0.4, 0.5) is 0 Å². The van der Waals surface area contributed by atoms with Crippen LogP contribution in [0.1, 0.15) is 27.2 Å². The van der Waals surface area contributed by atoms with Gasteiger partial charge in [-0.2, -0.15) is 0 Å². The molecule has 5 heteroatoms. The second-order valence-corrected chi connectivity index (χ2v) is 11.6. The van der Waals surface area contributed by atoms with Gasteiger partial charge in [-0.1, -0.05) is 20.8 Å². The molecule has 0 unspecified atom stereocenters. The van der Waals surface area contributed by atoms with Crippen molar-refractivity contribution in [1.82, 2.24) is 0 Å². The van der Waals surface area contributed by atoms with E-state index in [1.807, 2.05) is 0 Å². The first-order valence-electron chi connectivity index (χ1n) is 6.72. The monoisotopic (exact) mass is 274 g/mol. The van der Waals surface area contributed by atoms with E-state index in [-0.39, 0.29) is 23.5 Å². The highest BCUT2D eigenvalue weighted by molar-refractivity contribution is 6.74. The average Bonchev–Trinajstić information content (AvgIpc) is 3.02. The highest BCUT2D eigenvalue weighted by Crippen LogP contribution is 2.39. The molecule has 0 aromatic heterocycles. The SMILES string of the molecule is CO[C@@H]1O[C@H](CO[Si](C)(C)C(C)(C)C)C[C@H]2O[C@@H]12. The molecule has 0 radical (unpaired) electrons. The van der Waals surface area contributed by atoms with Crippen molar-refractivity contribution in [3.8, 4) is 0 Å². The summed E-state index contributed by atoms with van der Waals surface area (Å²) < 4.78 is 22.8. The highest BCUT2D eigenvalue weighted by atomic mass is 28.4. The van der Waals surface area contributed by atoms with Crippen molar-refractivity contribution in [2.45, 2.75) is 69.9 Å². The Morgan fingerprint density at radius 3 is 2.44 bits per heavy atom. The molecular weight excluding hydrogens is 248 g/mol. The number of hydrogen-bond acceptors (Lipinski definition) is 4. The van der Waals surface area contributed by atoms with Crippen molar-refractivity contribution >= 4 is 8.32 Å². The summed E-state index contributed by atoms with van der Waals surface area (Å²) in [6.45, 7) is 11.9. The van der Waals surface area contributed by atoms with Crippen molar-refractivity contribution < 1.29 is 18.6 Å². The fourth-order valence-corrected chi connectivity index (χ4v) is 3.02. The average molecular weight is 274 g/mol. The molecule has 0 saturated carbocycles. The van der Waals surface area contributed by atoms with Crippen LogP contribution in [-0.4, -0.2) is 46.6 Å². The number of methoxy groups -OCH3 is 1. The molecule has 2 rings (SSSR count). The zero-order valence-electron chi connectivity index (χ0n) is 12.4. The smallest absolute Gasteiger partial charge is 0.192 e. The predicted molar refractivity (Wildman–Crippen MR) is 72.1 cm³/mol. The molecule has 4 nitrogen and oxygen atoms in total. The van der Waals surface area contributed by atoms with Gasteiger partial charge in [-0.3, -0.25) is 0 Å². The second-order valence-electron chi connectivity index (χ2n) is 6.81. The third-order valence-electron chi connectivity index (χ3n) is 4.38. The molecule has 18 heavy (non-hydrogen) atoms. The summed E-state index contributed by atoms with van der Waals surface area (Å²) >= 11 is 0. The van der Waals surface area contributed by atoms with E-state index in [0.29, 0.717) is 12.7 Å². The summed E-state index contributed by atoms with van der Waals surface area (Å²) in [6, 6.07) is 0. The Morgan fingerprint density at radius 1 is 1.22 bits per heavy atom. The fourth-order valence-electron chi connectivity index (χ4n) is 1.98. The molecule has 0 aromatic carbocycles. The highest BCUT2D eigenvalue weighted by Gasteiger charge is 2.52. The van der Waals surface area contributed by atoms with Crippen LogP contribution in [0.2, 0.25) is 18.1 Å². The van der Waals surface area contributed by atoms with Gasteiger partial charge in [0.1, 0.15) is 6.10 Å². The van der Waals surface area contributed by atoms with E-state index in [9.17, 15) is 0 Å². The summed E-state index contributed by atoms with van der Waals surface area (Å²) in [5, 5.41) is 0.237. The van der Waals surface area contributed by atoms with E-state index in [4.69, 9.17) is 18.6 Å². The minimum absolute atomic E-state index is 0.104. The van der Waals surface area contributed by atoms with Gasteiger partial charge >= 0.3 is 0 Å². The first kappa shape index (κ1) is 14.5. The van der Waals surface area contributed by atoms with Gasteiger partial charge < -0.3 is 18.6 Å². The Kier molecular flexibility index (Phi) is 3.91. The summed E-state index contributed by atoms with van der Waals surface area (Å²) in [5.74, 6) is 0. The molecule has 2 saturated heterocycles. The van der Waals surface area contributed by atoms with Gasteiger partial charge in [0.2, 0.25) is 0 Å². The first-order valence-corrected chi connectivity index (χ1v) is 9.63. The van der Waals surface area contributed by atoms with E-state index in [2.05, 4.69) is 33.9 Å². The Balaban J connectivity index is 1.84. The van der Waals surface area contributed by atoms with Gasteiger partial charge in [-0.05, 0) is 18.1 Å². The molecule has 2 aliphatic rings. The van der Waals surface area contributed by atoms with Crippen molar-refractivity contribution in [1.29, 1.82) is 0 Å². The number of hydrogen-bond donors (Lipinski definition) is 0. The predicted octanol–water partition coefficient (Wildman–Crippen LogP) is 2.54. The summed E-state index contributed by atoms with van der Waals surface area (Å²) in [4.78, 5) is 0. The summed E-state index contributed by atoms with van der Waals surface area (Å²) in [5.41, 5.74) is 0. The lowest BCUT2D eigenvalue weighted by Gasteiger charge is -2.38. The first-order chi connectivity index (χ1) is 8.24. The zero-order chi connectivity index (χ0) is 13.6. The third-order valence-corrected chi connectivity index (χ3v) is 8.88. The summed E-state index contributed by atoms with van der Waals surface area (Å²) in [7, 11) is -0.0240. The van der Waals surface area contributed by atoms with Gasteiger partial charge in [-0.25, -0.2) is 0 Å². The van der Waals surface area contributed by atoms with Crippen LogP contribution in [0, 0.1) is 0 Å². The Labute approximate surface area is 111 Å². The van der Waals surface area contributed by atoms with E-state index in [1.165, 1.54) is 0 Å². The Bertz CT molecular complexity index is 300. The van der Waals surface area contributed by atoms with Crippen molar-refractivity contribution in [3.63, 3.8) is 0 Å². The van der Waals surface area contributed by atoms with E-state index < -0.39 is 8.32 Å². The van der Waals surface area contributed by atoms with E-state index >= 15 is 0 Å². The van der Waals surface area contributed by atoms with Gasteiger partial charge in [0.05, 0.1) is 18.8 Å². The van der Waals surface area contributed by atoms with Gasteiger partial charge in [0.25, 0.3) is 0 Å². The van der Waals surface area contributed by atoms with Gasteiger partial charge in [0, 0.05) is 13.5 Å². The quantitative estimate of drug-likeness (QED) is 0.583. The summed E-state index contributed by atoms with van der Waals surface area (Å²) in [6.07, 6.45) is 1.29. The van der Waals surface area contributed by atoms with Crippen LogP contribution >= 0.6 is 0 Å². The van der Waals surface area contributed by atoms with Crippen LogP contribution in [0.25, 0.3) is 0 Å². The zero-order valence-corrected chi connectivity index (χ0v) is 13.4. The largest absolute Gasteiger partial charge is 0.414 e. The third kappa shape index (κ3) is 2.96. The number of fused-ring (bicyclic) bond motifs is 1. The molecule has 0 aromatic rings. The van der Waals surface area contributed by atoms with Crippen LogP contribution < -0.4 is 0 Å². The normalized spacial score (nSPS) is 36.3. The fraction of sp³-hybridized carbons (Fsp3) is 1.00. The molecule has 0 amide bonds. The maximum atomic E-state index is 6.20. The van der Waals surface area contributed by atoms with Crippen LogP contribution in [0.5, 0.6) is 0 Å². The molecule has 2 aliphatic heterocycles. The molecular formula is C13H26O4Si. The maximum Gasteiger partial charge on any atom is 0.192 e. The molecule has 2 heterocycles. The lowest BCUT2D eigenvalue weighted by molar-refractivity contribution is -0.180. The molecule has 0 N–H and O–H groups in total. The topological polar surface area (TPSA) is 40.2 Å². The van der Waals surface area contributed by atoms with Gasteiger partial charge in [0.15, 0.2) is 14.6 Å². The molecule has 106 valence electrons. The number of rotatable bonds is 4. The van der Waals surface area contributed by atoms with E-state index in [0.717, 1.165) is 6.42 Å². The maximum absolute atomic E-state index is 6.20. The van der Waals surface area contributed by atoms with Crippen LogP contribution in [-0.2, 0) is 18.6 Å². The Hall–Kier alpha value is 0.0569. The van der Waals surface area contributed by atoms with Crippen molar-refractivity contribution in [2.24, 2.45) is 0 Å². The molecule has 0 spiro atoms. The van der Waals surface area contributed by atoms with E-state index in [1.54, 1.807) is 7.11 Å². The lowest BCUT2D eigenvalue weighted by atomic mass is 10.1. The van der Waals surface area contributed by atoms with Crippen LogP contribution in [0.15, 0.2) is 0 Å². The van der Waals surface area contributed by atoms with Crippen molar-refractivity contribution in [3.05, 3.63) is 0 Å². The standard InChI is InChI=1S/C13H26O4Si/c1-13(2,3)18(5,6)15-8-9-7-10-11(17-10)12(14-4)16-9/h9-12H,7-8H2,1-6H3/t9-,10+,11+,12+/m0/s1. The van der Waals surface area contributed by atoms with Gasteiger partial charge in [-0.15, -0.1) is 0 Å². The minimum Gasteiger partial charge on any atom is -0.414 e. The lowest BCUT2D eigenvalue weighted by Crippen LogP contribution is -2.45.